The molecule has 0 amide bonds. The summed E-state index contributed by atoms with van der Waals surface area (Å²) in [6.07, 6.45) is 8.99. The van der Waals surface area contributed by atoms with Crippen LogP contribution >= 0.6 is 0 Å². The van der Waals surface area contributed by atoms with Gasteiger partial charge in [-0.05, 0) is 31.2 Å². The number of carboxylic acids is 1. The molecular formula is C12H21NO2. The van der Waals surface area contributed by atoms with E-state index in [9.17, 15) is 4.79 Å². The van der Waals surface area contributed by atoms with E-state index < -0.39 is 5.97 Å². The molecule has 2 N–H and O–H groups in total. The van der Waals surface area contributed by atoms with Crippen LogP contribution in [0.25, 0.3) is 0 Å². The van der Waals surface area contributed by atoms with E-state index in [1.165, 1.54) is 38.5 Å². The summed E-state index contributed by atoms with van der Waals surface area (Å²) < 4.78 is 0. The molecule has 1 saturated carbocycles. The molecule has 0 spiro atoms. The molecule has 15 heavy (non-hydrogen) atoms. The van der Waals surface area contributed by atoms with Gasteiger partial charge in [0.15, 0.2) is 0 Å². The molecule has 0 aromatic heterocycles. The van der Waals surface area contributed by atoms with Crippen molar-refractivity contribution >= 4 is 5.97 Å². The standard InChI is InChI=1S/C12H21NO2/c14-12(15)11-7-10(8-13-11)6-9-4-2-1-3-5-9/h9-11,13H,1-8H2,(H,14,15). The number of rotatable bonds is 3. The van der Waals surface area contributed by atoms with Crippen LogP contribution in [0, 0.1) is 11.8 Å². The summed E-state index contributed by atoms with van der Waals surface area (Å²) in [5.41, 5.74) is 0. The molecule has 2 atom stereocenters. The van der Waals surface area contributed by atoms with E-state index in [0.717, 1.165) is 18.9 Å². The van der Waals surface area contributed by atoms with Crippen LogP contribution in [0.5, 0.6) is 0 Å². The van der Waals surface area contributed by atoms with Crippen LogP contribution in [0.2, 0.25) is 0 Å². The predicted octanol–water partition coefficient (Wildman–Crippen LogP) is 2.02. The van der Waals surface area contributed by atoms with Crippen LogP contribution in [0.15, 0.2) is 0 Å². The van der Waals surface area contributed by atoms with Crippen molar-refractivity contribution in [3.05, 3.63) is 0 Å². The van der Waals surface area contributed by atoms with E-state index in [0.29, 0.717) is 5.92 Å². The Kier molecular flexibility index (Phi) is 3.62. The summed E-state index contributed by atoms with van der Waals surface area (Å²) in [4.78, 5) is 10.8. The monoisotopic (exact) mass is 211 g/mol. The van der Waals surface area contributed by atoms with Gasteiger partial charge in [-0.2, -0.15) is 0 Å². The Morgan fingerprint density at radius 3 is 2.53 bits per heavy atom. The minimum absolute atomic E-state index is 0.279. The van der Waals surface area contributed by atoms with Crippen LogP contribution in [0.3, 0.4) is 0 Å². The first-order valence-electron chi connectivity index (χ1n) is 6.22. The molecule has 0 bridgehead atoms. The summed E-state index contributed by atoms with van der Waals surface area (Å²) in [6, 6.07) is -0.279. The minimum Gasteiger partial charge on any atom is -0.480 e. The number of hydrogen-bond acceptors (Lipinski definition) is 2. The highest BCUT2D eigenvalue weighted by Crippen LogP contribution is 2.31. The molecule has 0 aromatic rings. The summed E-state index contributed by atoms with van der Waals surface area (Å²) in [7, 11) is 0. The molecule has 86 valence electrons. The van der Waals surface area contributed by atoms with E-state index in [1.807, 2.05) is 0 Å². The lowest BCUT2D eigenvalue weighted by Gasteiger charge is -2.23. The molecule has 3 nitrogen and oxygen atoms in total. The molecule has 2 rings (SSSR count). The Morgan fingerprint density at radius 2 is 1.93 bits per heavy atom. The second-order valence-electron chi connectivity index (χ2n) is 5.14. The van der Waals surface area contributed by atoms with Crippen LogP contribution in [0.1, 0.15) is 44.9 Å². The normalized spacial score (nSPS) is 33.1. The maximum atomic E-state index is 10.8. The number of nitrogens with one attached hydrogen (secondary N) is 1. The molecule has 2 aliphatic rings. The van der Waals surface area contributed by atoms with Crippen molar-refractivity contribution in [2.45, 2.75) is 51.0 Å². The Bertz CT molecular complexity index is 224. The number of aliphatic carboxylic acids is 1. The molecule has 3 heteroatoms. The maximum absolute atomic E-state index is 10.8. The van der Waals surface area contributed by atoms with Gasteiger partial charge >= 0.3 is 5.97 Å². The number of carboxylic acid groups (broad SMARTS) is 1. The van der Waals surface area contributed by atoms with Gasteiger partial charge in [-0.15, -0.1) is 0 Å². The van der Waals surface area contributed by atoms with Crippen molar-refractivity contribution in [1.29, 1.82) is 0 Å². The quantitative estimate of drug-likeness (QED) is 0.751. The average Bonchev–Trinajstić information content (AvgIpc) is 2.68. The van der Waals surface area contributed by atoms with Gasteiger partial charge < -0.3 is 10.4 Å². The average molecular weight is 211 g/mol. The highest BCUT2D eigenvalue weighted by atomic mass is 16.4. The van der Waals surface area contributed by atoms with E-state index >= 15 is 0 Å². The molecule has 1 heterocycles. The van der Waals surface area contributed by atoms with Crippen molar-refractivity contribution in [1.82, 2.24) is 5.32 Å². The lowest BCUT2D eigenvalue weighted by molar-refractivity contribution is -0.139. The van der Waals surface area contributed by atoms with Gasteiger partial charge in [-0.1, -0.05) is 32.1 Å². The Morgan fingerprint density at radius 1 is 1.20 bits per heavy atom. The highest BCUT2D eigenvalue weighted by Gasteiger charge is 2.30. The second-order valence-corrected chi connectivity index (χ2v) is 5.14. The van der Waals surface area contributed by atoms with Gasteiger partial charge in [-0.3, -0.25) is 4.79 Å². The highest BCUT2D eigenvalue weighted by molar-refractivity contribution is 5.73. The third-order valence-corrected chi connectivity index (χ3v) is 3.91. The summed E-state index contributed by atoms with van der Waals surface area (Å²) in [6.45, 7) is 0.910. The molecule has 1 saturated heterocycles. The third-order valence-electron chi connectivity index (χ3n) is 3.91. The lowest BCUT2D eigenvalue weighted by atomic mass is 9.82. The van der Waals surface area contributed by atoms with Crippen molar-refractivity contribution in [3.8, 4) is 0 Å². The first kappa shape index (κ1) is 10.9. The number of hydrogen-bond donors (Lipinski definition) is 2. The SMILES string of the molecule is O=C(O)C1CC(CC2CCCCC2)CN1. The van der Waals surface area contributed by atoms with Gasteiger partial charge in [0.2, 0.25) is 0 Å². The van der Waals surface area contributed by atoms with Crippen LogP contribution in [0.4, 0.5) is 0 Å². The van der Waals surface area contributed by atoms with Gasteiger partial charge in [0.1, 0.15) is 6.04 Å². The van der Waals surface area contributed by atoms with E-state index in [2.05, 4.69) is 5.32 Å². The maximum Gasteiger partial charge on any atom is 0.320 e. The zero-order chi connectivity index (χ0) is 10.7. The van der Waals surface area contributed by atoms with E-state index in [-0.39, 0.29) is 6.04 Å². The smallest absolute Gasteiger partial charge is 0.320 e. The lowest BCUT2D eigenvalue weighted by Crippen LogP contribution is -2.29. The minimum atomic E-state index is -0.679. The molecule has 0 radical (unpaired) electrons. The van der Waals surface area contributed by atoms with Crippen LogP contribution in [-0.4, -0.2) is 23.7 Å². The van der Waals surface area contributed by atoms with Crippen molar-refractivity contribution in [2.75, 3.05) is 6.54 Å². The summed E-state index contributed by atoms with van der Waals surface area (Å²) in [5.74, 6) is 0.799. The van der Waals surface area contributed by atoms with Gasteiger partial charge in [0.25, 0.3) is 0 Å². The predicted molar refractivity (Wildman–Crippen MR) is 58.7 cm³/mol. The first-order chi connectivity index (χ1) is 7.25. The van der Waals surface area contributed by atoms with Crippen LogP contribution < -0.4 is 5.32 Å². The Labute approximate surface area is 91.2 Å². The van der Waals surface area contributed by atoms with E-state index in [1.54, 1.807) is 0 Å². The molecule has 2 fully saturated rings. The number of carbonyl (C=O) groups is 1. The Hall–Kier alpha value is -0.570. The first-order valence-corrected chi connectivity index (χ1v) is 6.22. The molecular weight excluding hydrogens is 190 g/mol. The largest absolute Gasteiger partial charge is 0.480 e. The van der Waals surface area contributed by atoms with Gasteiger partial charge in [-0.25, -0.2) is 0 Å². The van der Waals surface area contributed by atoms with Crippen molar-refractivity contribution in [2.24, 2.45) is 11.8 Å². The van der Waals surface area contributed by atoms with Gasteiger partial charge in [0.05, 0.1) is 0 Å². The van der Waals surface area contributed by atoms with Crippen molar-refractivity contribution < 1.29 is 9.90 Å². The summed E-state index contributed by atoms with van der Waals surface area (Å²) in [5, 5.41) is 12.0. The Balaban J connectivity index is 1.74. The fraction of sp³-hybridized carbons (Fsp3) is 0.917. The fourth-order valence-electron chi connectivity index (χ4n) is 3.07. The second kappa shape index (κ2) is 4.97. The molecule has 1 aliphatic heterocycles. The zero-order valence-corrected chi connectivity index (χ0v) is 9.24. The third kappa shape index (κ3) is 2.94. The zero-order valence-electron chi connectivity index (χ0n) is 9.24. The molecule has 1 aliphatic carbocycles. The molecule has 2 unspecified atom stereocenters. The van der Waals surface area contributed by atoms with E-state index in [4.69, 9.17) is 5.11 Å². The fourth-order valence-corrected chi connectivity index (χ4v) is 3.07. The topological polar surface area (TPSA) is 49.3 Å². The van der Waals surface area contributed by atoms with Crippen molar-refractivity contribution in [3.63, 3.8) is 0 Å². The molecule has 0 aromatic carbocycles. The van der Waals surface area contributed by atoms with Gasteiger partial charge in [0, 0.05) is 0 Å². The summed E-state index contributed by atoms with van der Waals surface area (Å²) >= 11 is 0. The van der Waals surface area contributed by atoms with Crippen LogP contribution in [-0.2, 0) is 4.79 Å².